The van der Waals surface area contributed by atoms with Gasteiger partial charge in [-0.15, -0.1) is 0 Å². The highest BCUT2D eigenvalue weighted by Crippen LogP contribution is 2.31. The minimum Gasteiger partial charge on any atom is -0.349 e. The van der Waals surface area contributed by atoms with Gasteiger partial charge < -0.3 is 10.6 Å². The first-order chi connectivity index (χ1) is 12.3. The molecule has 2 N–H and O–H groups in total. The third-order valence-electron chi connectivity index (χ3n) is 4.10. The van der Waals surface area contributed by atoms with Gasteiger partial charge in [0, 0.05) is 23.5 Å². The molecule has 1 fully saturated rings. The van der Waals surface area contributed by atoms with Gasteiger partial charge in [0.15, 0.2) is 0 Å². The van der Waals surface area contributed by atoms with Crippen molar-refractivity contribution in [2.24, 2.45) is 0 Å². The van der Waals surface area contributed by atoms with Crippen LogP contribution in [0.5, 0.6) is 0 Å². The van der Waals surface area contributed by atoms with Crippen LogP contribution in [0.15, 0.2) is 30.6 Å². The molecule has 0 radical (unpaired) electrons. The predicted molar refractivity (Wildman–Crippen MR) is 90.4 cm³/mol. The normalized spacial score (nSPS) is 17.3. The summed E-state index contributed by atoms with van der Waals surface area (Å²) in [5.41, 5.74) is 0.528. The molecule has 0 bridgehead atoms. The molecular formula is C17H16ClF3N4O. The van der Waals surface area contributed by atoms with Gasteiger partial charge in [0.2, 0.25) is 5.91 Å². The van der Waals surface area contributed by atoms with E-state index in [4.69, 9.17) is 11.6 Å². The Bertz CT molecular complexity index is 790. The Morgan fingerprint density at radius 1 is 1.31 bits per heavy atom. The van der Waals surface area contributed by atoms with Gasteiger partial charge in [-0.3, -0.25) is 14.8 Å². The topological polar surface area (TPSA) is 66.9 Å². The SMILES string of the molecule is O=C(NCc1cc(-c2ccc(C(F)(F)F)nc2)c(Cl)cn1)C1CCCN1. The first kappa shape index (κ1) is 18.6. The Balaban J connectivity index is 1.74. The summed E-state index contributed by atoms with van der Waals surface area (Å²) in [5.74, 6) is -0.100. The second-order valence-corrected chi connectivity index (χ2v) is 6.36. The molecule has 1 saturated heterocycles. The maximum absolute atomic E-state index is 12.6. The molecule has 1 aliphatic rings. The lowest BCUT2D eigenvalue weighted by Crippen LogP contribution is -2.40. The van der Waals surface area contributed by atoms with Gasteiger partial charge in [-0.25, -0.2) is 0 Å². The van der Waals surface area contributed by atoms with Gasteiger partial charge in [0.1, 0.15) is 5.69 Å². The third kappa shape index (κ3) is 4.31. The van der Waals surface area contributed by atoms with Crippen molar-refractivity contribution in [1.29, 1.82) is 0 Å². The van der Waals surface area contributed by atoms with Gasteiger partial charge in [0.05, 0.1) is 23.3 Å². The van der Waals surface area contributed by atoms with E-state index < -0.39 is 11.9 Å². The summed E-state index contributed by atoms with van der Waals surface area (Å²) in [5, 5.41) is 6.19. The van der Waals surface area contributed by atoms with Crippen LogP contribution in [0.3, 0.4) is 0 Å². The molecule has 0 aromatic carbocycles. The Morgan fingerprint density at radius 2 is 2.12 bits per heavy atom. The van der Waals surface area contributed by atoms with Gasteiger partial charge >= 0.3 is 6.18 Å². The van der Waals surface area contributed by atoms with Crippen LogP contribution in [0.2, 0.25) is 5.02 Å². The van der Waals surface area contributed by atoms with Gasteiger partial charge in [0.25, 0.3) is 0 Å². The minimum atomic E-state index is -4.50. The van der Waals surface area contributed by atoms with Crippen molar-refractivity contribution in [3.63, 3.8) is 0 Å². The lowest BCUT2D eigenvalue weighted by atomic mass is 10.1. The van der Waals surface area contributed by atoms with Crippen LogP contribution in [0.25, 0.3) is 11.1 Å². The molecule has 5 nitrogen and oxygen atoms in total. The zero-order valence-corrected chi connectivity index (χ0v) is 14.4. The van der Waals surface area contributed by atoms with Gasteiger partial charge in [-0.2, -0.15) is 13.2 Å². The molecule has 9 heteroatoms. The zero-order valence-electron chi connectivity index (χ0n) is 13.6. The second kappa shape index (κ2) is 7.59. The van der Waals surface area contributed by atoms with E-state index in [1.807, 2.05) is 0 Å². The number of carbonyl (C=O) groups excluding carboxylic acids is 1. The molecule has 0 saturated carbocycles. The number of nitrogens with one attached hydrogen (secondary N) is 2. The highest BCUT2D eigenvalue weighted by molar-refractivity contribution is 6.33. The predicted octanol–water partition coefficient (Wildman–Crippen LogP) is 3.18. The molecule has 3 rings (SSSR count). The van der Waals surface area contributed by atoms with E-state index in [1.165, 1.54) is 12.3 Å². The largest absolute Gasteiger partial charge is 0.433 e. The Hall–Kier alpha value is -2.19. The highest BCUT2D eigenvalue weighted by atomic mass is 35.5. The molecule has 2 aromatic rings. The Labute approximate surface area is 153 Å². The Morgan fingerprint density at radius 3 is 2.73 bits per heavy atom. The molecule has 1 atom stereocenters. The number of hydrogen-bond donors (Lipinski definition) is 2. The first-order valence-corrected chi connectivity index (χ1v) is 8.41. The van der Waals surface area contributed by atoms with E-state index in [1.54, 1.807) is 6.07 Å². The van der Waals surface area contributed by atoms with Crippen LogP contribution in [0, 0.1) is 0 Å². The van der Waals surface area contributed by atoms with Crippen LogP contribution in [0.1, 0.15) is 24.2 Å². The standard InChI is InChI=1S/C17H16ClF3N4O/c18-13-9-23-11(8-25-16(26)14-2-1-5-22-14)6-12(13)10-3-4-15(24-7-10)17(19,20)21/h3-4,6-7,9,14,22H,1-2,5,8H2,(H,25,26). The van der Waals surface area contributed by atoms with E-state index in [9.17, 15) is 18.0 Å². The van der Waals surface area contributed by atoms with Crippen LogP contribution < -0.4 is 10.6 Å². The summed E-state index contributed by atoms with van der Waals surface area (Å²) in [6.07, 6.45) is -0.215. The van der Waals surface area contributed by atoms with Crippen molar-refractivity contribution in [2.75, 3.05) is 6.54 Å². The van der Waals surface area contributed by atoms with E-state index in [2.05, 4.69) is 20.6 Å². The first-order valence-electron chi connectivity index (χ1n) is 8.04. The quantitative estimate of drug-likeness (QED) is 0.849. The molecular weight excluding hydrogens is 369 g/mol. The summed E-state index contributed by atoms with van der Waals surface area (Å²) in [6, 6.07) is 3.65. The fourth-order valence-corrected chi connectivity index (χ4v) is 2.94. The fourth-order valence-electron chi connectivity index (χ4n) is 2.73. The maximum atomic E-state index is 12.6. The van der Waals surface area contributed by atoms with E-state index in [0.717, 1.165) is 31.6 Å². The molecule has 1 aliphatic heterocycles. The molecule has 138 valence electrons. The monoisotopic (exact) mass is 384 g/mol. The van der Waals surface area contributed by atoms with Crippen molar-refractivity contribution in [3.05, 3.63) is 47.0 Å². The number of carbonyl (C=O) groups is 1. The summed E-state index contributed by atoms with van der Waals surface area (Å²) in [7, 11) is 0. The lowest BCUT2D eigenvalue weighted by Gasteiger charge is -2.12. The lowest BCUT2D eigenvalue weighted by molar-refractivity contribution is -0.141. The summed E-state index contributed by atoms with van der Waals surface area (Å²) in [6.45, 7) is 1.03. The molecule has 1 unspecified atom stereocenters. The number of nitrogens with zero attached hydrogens (tertiary/aromatic N) is 2. The molecule has 0 aliphatic carbocycles. The number of alkyl halides is 3. The summed E-state index contributed by atoms with van der Waals surface area (Å²) >= 11 is 6.12. The fraction of sp³-hybridized carbons (Fsp3) is 0.353. The van der Waals surface area contributed by atoms with E-state index in [-0.39, 0.29) is 18.5 Å². The van der Waals surface area contributed by atoms with Crippen LogP contribution in [-0.4, -0.2) is 28.5 Å². The van der Waals surface area contributed by atoms with Gasteiger partial charge in [-0.1, -0.05) is 17.7 Å². The summed E-state index contributed by atoms with van der Waals surface area (Å²) < 4.78 is 37.9. The van der Waals surface area contributed by atoms with Crippen molar-refractivity contribution < 1.29 is 18.0 Å². The zero-order chi connectivity index (χ0) is 18.7. The highest BCUT2D eigenvalue weighted by Gasteiger charge is 2.32. The maximum Gasteiger partial charge on any atom is 0.433 e. The van der Waals surface area contributed by atoms with Crippen LogP contribution in [-0.2, 0) is 17.5 Å². The van der Waals surface area contributed by atoms with E-state index in [0.29, 0.717) is 21.8 Å². The van der Waals surface area contributed by atoms with Crippen LogP contribution >= 0.6 is 11.6 Å². The average molecular weight is 385 g/mol. The minimum absolute atomic E-state index is 0.100. The van der Waals surface area contributed by atoms with Crippen LogP contribution in [0.4, 0.5) is 13.2 Å². The smallest absolute Gasteiger partial charge is 0.349 e. The number of rotatable bonds is 4. The third-order valence-corrected chi connectivity index (χ3v) is 4.40. The molecule has 0 spiro atoms. The Kier molecular flexibility index (Phi) is 5.43. The number of amides is 1. The average Bonchev–Trinajstić information content (AvgIpc) is 3.15. The van der Waals surface area contributed by atoms with Crippen molar-refractivity contribution >= 4 is 17.5 Å². The van der Waals surface area contributed by atoms with Crippen molar-refractivity contribution in [1.82, 2.24) is 20.6 Å². The number of pyridine rings is 2. The number of aromatic nitrogens is 2. The van der Waals surface area contributed by atoms with Crippen molar-refractivity contribution in [3.8, 4) is 11.1 Å². The number of hydrogen-bond acceptors (Lipinski definition) is 4. The molecule has 26 heavy (non-hydrogen) atoms. The second-order valence-electron chi connectivity index (χ2n) is 5.95. The molecule has 3 heterocycles. The van der Waals surface area contributed by atoms with Gasteiger partial charge in [-0.05, 0) is 31.5 Å². The summed E-state index contributed by atoms with van der Waals surface area (Å²) in [4.78, 5) is 19.6. The van der Waals surface area contributed by atoms with Crippen molar-refractivity contribution in [2.45, 2.75) is 31.6 Å². The number of halogens is 4. The van der Waals surface area contributed by atoms with E-state index >= 15 is 0 Å². The molecule has 1 amide bonds. The molecule has 2 aromatic heterocycles.